The third-order valence-electron chi connectivity index (χ3n) is 3.93. The van der Waals surface area contributed by atoms with Crippen LogP contribution in [0.1, 0.15) is 30.7 Å². The van der Waals surface area contributed by atoms with Gasteiger partial charge in [-0.1, -0.05) is 24.3 Å². The van der Waals surface area contributed by atoms with Gasteiger partial charge in [0.2, 0.25) is 5.91 Å². The molecule has 0 bridgehead atoms. The second-order valence-corrected chi connectivity index (χ2v) is 7.22. The molecular formula is C19H27ClN2OS. The summed E-state index contributed by atoms with van der Waals surface area (Å²) in [6.45, 7) is 7.70. The van der Waals surface area contributed by atoms with Crippen molar-refractivity contribution < 1.29 is 4.79 Å². The lowest BCUT2D eigenvalue weighted by atomic mass is 10.1. The fourth-order valence-electron chi connectivity index (χ4n) is 2.56. The topological polar surface area (TPSA) is 32.3 Å². The summed E-state index contributed by atoms with van der Waals surface area (Å²) in [4.78, 5) is 16.8. The number of hydrogen-bond acceptors (Lipinski definition) is 3. The highest BCUT2D eigenvalue weighted by Crippen LogP contribution is 2.31. The highest BCUT2D eigenvalue weighted by Gasteiger charge is 2.18. The molecule has 0 saturated heterocycles. The fraction of sp³-hybridized carbons (Fsp3) is 0.421. The van der Waals surface area contributed by atoms with E-state index in [2.05, 4.69) is 62.5 Å². The van der Waals surface area contributed by atoms with E-state index >= 15 is 0 Å². The number of carbonyl (C=O) groups is 1. The van der Waals surface area contributed by atoms with E-state index in [1.165, 1.54) is 20.9 Å². The molecule has 0 unspecified atom stereocenters. The Balaban J connectivity index is 0.00000288. The van der Waals surface area contributed by atoms with E-state index in [1.807, 2.05) is 11.9 Å². The van der Waals surface area contributed by atoms with Gasteiger partial charge in [-0.2, -0.15) is 0 Å². The average Bonchev–Trinajstić information content (AvgIpc) is 2.99. The van der Waals surface area contributed by atoms with Crippen molar-refractivity contribution in [1.29, 1.82) is 0 Å². The van der Waals surface area contributed by atoms with Gasteiger partial charge in [-0.25, -0.2) is 0 Å². The van der Waals surface area contributed by atoms with Crippen LogP contribution in [0.5, 0.6) is 0 Å². The van der Waals surface area contributed by atoms with E-state index < -0.39 is 0 Å². The molecule has 0 radical (unpaired) electrons. The van der Waals surface area contributed by atoms with Gasteiger partial charge >= 0.3 is 0 Å². The van der Waals surface area contributed by atoms with Gasteiger partial charge in [0.1, 0.15) is 0 Å². The summed E-state index contributed by atoms with van der Waals surface area (Å²) in [5.41, 5.74) is 2.56. The third kappa shape index (κ3) is 5.33. The molecule has 5 heteroatoms. The molecule has 2 rings (SSSR count). The summed E-state index contributed by atoms with van der Waals surface area (Å²) in [6, 6.07) is 13.0. The second kappa shape index (κ2) is 9.82. The number of nitrogens with zero attached hydrogens (tertiary/aromatic N) is 1. The van der Waals surface area contributed by atoms with Crippen LogP contribution in [0.15, 0.2) is 36.4 Å². The van der Waals surface area contributed by atoms with Crippen molar-refractivity contribution in [2.24, 2.45) is 0 Å². The van der Waals surface area contributed by atoms with Crippen molar-refractivity contribution in [2.45, 2.75) is 39.8 Å². The minimum absolute atomic E-state index is 0. The van der Waals surface area contributed by atoms with E-state index in [4.69, 9.17) is 0 Å². The Bertz CT molecular complexity index is 654. The number of thiophene rings is 1. The van der Waals surface area contributed by atoms with Crippen molar-refractivity contribution in [2.75, 3.05) is 13.6 Å². The molecule has 1 amide bonds. The van der Waals surface area contributed by atoms with Crippen molar-refractivity contribution in [3.05, 3.63) is 46.8 Å². The predicted molar refractivity (Wildman–Crippen MR) is 106 cm³/mol. The van der Waals surface area contributed by atoms with Gasteiger partial charge in [0.05, 0.1) is 6.54 Å². The number of halogens is 1. The molecule has 0 spiro atoms. The van der Waals surface area contributed by atoms with Gasteiger partial charge < -0.3 is 10.2 Å². The lowest BCUT2D eigenvalue weighted by Crippen LogP contribution is -2.37. The maximum Gasteiger partial charge on any atom is 0.224 e. The first-order valence-electron chi connectivity index (χ1n) is 8.11. The molecule has 1 aromatic carbocycles. The normalized spacial score (nSPS) is 10.5. The van der Waals surface area contributed by atoms with Crippen LogP contribution in [-0.4, -0.2) is 30.4 Å². The standard InChI is InChI=1S/C19H26N2OS.ClH/c1-14(2)21(19(22)11-12-20-4)13-16-9-10-18(23-16)17-8-6-5-7-15(17)3;/h5-10,14,20H,11-13H2,1-4H3;1H. The van der Waals surface area contributed by atoms with E-state index in [0.29, 0.717) is 13.0 Å². The third-order valence-corrected chi connectivity index (χ3v) is 5.03. The summed E-state index contributed by atoms with van der Waals surface area (Å²) in [5.74, 6) is 0.209. The first kappa shape index (κ1) is 20.7. The van der Waals surface area contributed by atoms with Crippen molar-refractivity contribution in [3.8, 4) is 10.4 Å². The molecule has 1 heterocycles. The Morgan fingerprint density at radius 3 is 2.54 bits per heavy atom. The van der Waals surface area contributed by atoms with Crippen LogP contribution in [-0.2, 0) is 11.3 Å². The Kier molecular flexibility index (Phi) is 8.46. The molecule has 0 aliphatic carbocycles. The molecule has 0 aliphatic heterocycles. The SMILES string of the molecule is CNCCC(=O)N(Cc1ccc(-c2ccccc2C)s1)C(C)C.Cl. The Labute approximate surface area is 155 Å². The molecule has 24 heavy (non-hydrogen) atoms. The van der Waals surface area contributed by atoms with Gasteiger partial charge in [-0.3, -0.25) is 4.79 Å². The van der Waals surface area contributed by atoms with Gasteiger partial charge in [0, 0.05) is 28.8 Å². The van der Waals surface area contributed by atoms with Crippen molar-refractivity contribution in [1.82, 2.24) is 10.2 Å². The smallest absolute Gasteiger partial charge is 0.224 e. The van der Waals surface area contributed by atoms with Crippen LogP contribution in [0.25, 0.3) is 10.4 Å². The maximum absolute atomic E-state index is 12.4. The van der Waals surface area contributed by atoms with Crippen molar-refractivity contribution >= 4 is 29.7 Å². The van der Waals surface area contributed by atoms with Crippen LogP contribution in [0.4, 0.5) is 0 Å². The van der Waals surface area contributed by atoms with Gasteiger partial charge in [0.25, 0.3) is 0 Å². The average molecular weight is 367 g/mol. The van der Waals surface area contributed by atoms with Crippen LogP contribution in [0.3, 0.4) is 0 Å². The number of carbonyl (C=O) groups excluding carboxylic acids is 1. The summed E-state index contributed by atoms with van der Waals surface area (Å²) >= 11 is 1.78. The van der Waals surface area contributed by atoms with Gasteiger partial charge in [0.15, 0.2) is 0 Å². The minimum Gasteiger partial charge on any atom is -0.335 e. The predicted octanol–water partition coefficient (Wildman–Crippen LogP) is 4.49. The molecule has 1 N–H and O–H groups in total. The van der Waals surface area contributed by atoms with E-state index in [1.54, 1.807) is 11.3 Å². The lowest BCUT2D eigenvalue weighted by Gasteiger charge is -2.26. The number of rotatable bonds is 7. The molecule has 0 aliphatic rings. The molecule has 3 nitrogen and oxygen atoms in total. The quantitative estimate of drug-likeness (QED) is 0.782. The number of benzene rings is 1. The molecule has 1 aromatic heterocycles. The highest BCUT2D eigenvalue weighted by molar-refractivity contribution is 7.15. The fourth-order valence-corrected chi connectivity index (χ4v) is 3.66. The molecular weight excluding hydrogens is 340 g/mol. The largest absolute Gasteiger partial charge is 0.335 e. The van der Waals surface area contributed by atoms with Crippen LogP contribution < -0.4 is 5.32 Å². The van der Waals surface area contributed by atoms with E-state index in [9.17, 15) is 4.79 Å². The zero-order valence-corrected chi connectivity index (χ0v) is 16.5. The number of amides is 1. The van der Waals surface area contributed by atoms with E-state index in [0.717, 1.165) is 6.54 Å². The van der Waals surface area contributed by atoms with Gasteiger partial charge in [-0.05, 0) is 51.1 Å². The minimum atomic E-state index is 0. The number of hydrogen-bond donors (Lipinski definition) is 1. The number of aryl methyl sites for hydroxylation is 1. The molecule has 0 saturated carbocycles. The second-order valence-electron chi connectivity index (χ2n) is 6.05. The van der Waals surface area contributed by atoms with E-state index in [-0.39, 0.29) is 24.4 Å². The molecule has 132 valence electrons. The van der Waals surface area contributed by atoms with Crippen LogP contribution in [0.2, 0.25) is 0 Å². The monoisotopic (exact) mass is 366 g/mol. The van der Waals surface area contributed by atoms with Crippen LogP contribution >= 0.6 is 23.7 Å². The van der Waals surface area contributed by atoms with Gasteiger partial charge in [-0.15, -0.1) is 23.7 Å². The Morgan fingerprint density at radius 1 is 1.21 bits per heavy atom. The number of nitrogens with one attached hydrogen (secondary N) is 1. The summed E-state index contributed by atoms with van der Waals surface area (Å²) in [6.07, 6.45) is 0.546. The molecule has 2 aromatic rings. The maximum atomic E-state index is 12.4. The van der Waals surface area contributed by atoms with Crippen LogP contribution in [0, 0.1) is 6.92 Å². The first-order chi connectivity index (χ1) is 11.0. The lowest BCUT2D eigenvalue weighted by molar-refractivity contribution is -0.133. The Morgan fingerprint density at radius 2 is 1.92 bits per heavy atom. The first-order valence-corrected chi connectivity index (χ1v) is 8.93. The molecule has 0 fully saturated rings. The zero-order valence-electron chi connectivity index (χ0n) is 14.8. The zero-order chi connectivity index (χ0) is 16.8. The summed E-state index contributed by atoms with van der Waals surface area (Å²) in [5, 5.41) is 3.04. The summed E-state index contributed by atoms with van der Waals surface area (Å²) < 4.78 is 0. The molecule has 0 atom stereocenters. The Hall–Kier alpha value is -1.36. The summed E-state index contributed by atoms with van der Waals surface area (Å²) in [7, 11) is 1.88. The highest BCUT2D eigenvalue weighted by atomic mass is 35.5. The van der Waals surface area contributed by atoms with Crippen molar-refractivity contribution in [3.63, 3.8) is 0 Å².